The molecular weight excluding hydrogens is 142 g/mol. The summed E-state index contributed by atoms with van der Waals surface area (Å²) in [6.07, 6.45) is 3.64. The van der Waals surface area contributed by atoms with Crippen molar-refractivity contribution in [3.8, 4) is 0 Å². The normalized spacial score (nSPS) is 27.3. The van der Waals surface area contributed by atoms with Gasteiger partial charge >= 0.3 is 0 Å². The van der Waals surface area contributed by atoms with E-state index in [9.17, 15) is 0 Å². The van der Waals surface area contributed by atoms with E-state index in [1.807, 2.05) is 7.05 Å². The first-order chi connectivity index (χ1) is 5.36. The molecule has 0 bridgehead atoms. The second kappa shape index (κ2) is 4.70. The number of rotatable bonds is 4. The van der Waals surface area contributed by atoms with E-state index >= 15 is 0 Å². The summed E-state index contributed by atoms with van der Waals surface area (Å²) in [6, 6.07) is 0.207. The van der Waals surface area contributed by atoms with Crippen LogP contribution in [-0.4, -0.2) is 37.5 Å². The molecule has 0 aromatic heterocycles. The van der Waals surface area contributed by atoms with Crippen molar-refractivity contribution in [2.24, 2.45) is 0 Å². The first-order valence-electron chi connectivity index (χ1n) is 4.26. The lowest BCUT2D eigenvalue weighted by Gasteiger charge is -2.16. The predicted octanol–water partition coefficient (Wildman–Crippen LogP) is 0.136. The molecule has 66 valence electrons. The Morgan fingerprint density at radius 1 is 1.73 bits per heavy atom. The van der Waals surface area contributed by atoms with E-state index in [0.29, 0.717) is 6.10 Å². The molecule has 1 rings (SSSR count). The van der Waals surface area contributed by atoms with Crippen LogP contribution >= 0.6 is 0 Å². The van der Waals surface area contributed by atoms with Crippen LogP contribution in [0, 0.1) is 0 Å². The zero-order valence-electron chi connectivity index (χ0n) is 7.05. The van der Waals surface area contributed by atoms with Gasteiger partial charge in [-0.2, -0.15) is 0 Å². The first kappa shape index (κ1) is 8.97. The zero-order valence-corrected chi connectivity index (χ0v) is 7.05. The monoisotopic (exact) mass is 159 g/mol. The highest BCUT2D eigenvalue weighted by Gasteiger charge is 2.18. The Balaban J connectivity index is 2.16. The highest BCUT2D eigenvalue weighted by Crippen LogP contribution is 2.16. The Hall–Kier alpha value is -0.120. The molecule has 1 heterocycles. The van der Waals surface area contributed by atoms with Gasteiger partial charge in [-0.15, -0.1) is 0 Å². The molecule has 1 aliphatic rings. The van der Waals surface area contributed by atoms with Crippen molar-refractivity contribution in [2.75, 3.05) is 20.3 Å². The molecule has 0 aromatic rings. The fraction of sp³-hybridized carbons (Fsp3) is 1.00. The van der Waals surface area contributed by atoms with Crippen molar-refractivity contribution >= 4 is 0 Å². The Morgan fingerprint density at radius 3 is 3.00 bits per heavy atom. The summed E-state index contributed by atoms with van der Waals surface area (Å²) in [5.74, 6) is 0. The molecule has 0 saturated carbocycles. The van der Waals surface area contributed by atoms with Gasteiger partial charge in [0.2, 0.25) is 0 Å². The molecule has 1 fully saturated rings. The molecule has 2 unspecified atom stereocenters. The van der Waals surface area contributed by atoms with Gasteiger partial charge in [0, 0.05) is 12.6 Å². The van der Waals surface area contributed by atoms with E-state index in [2.05, 4.69) is 5.32 Å². The van der Waals surface area contributed by atoms with Crippen LogP contribution in [0.4, 0.5) is 0 Å². The van der Waals surface area contributed by atoms with E-state index in [4.69, 9.17) is 9.84 Å². The van der Waals surface area contributed by atoms with Crippen molar-refractivity contribution in [1.82, 2.24) is 5.32 Å². The van der Waals surface area contributed by atoms with E-state index in [1.165, 1.54) is 6.42 Å². The van der Waals surface area contributed by atoms with Gasteiger partial charge in [-0.3, -0.25) is 0 Å². The first-order valence-corrected chi connectivity index (χ1v) is 4.26. The van der Waals surface area contributed by atoms with E-state index in [-0.39, 0.29) is 12.6 Å². The lowest BCUT2D eigenvalue weighted by atomic mass is 10.1. The van der Waals surface area contributed by atoms with Gasteiger partial charge in [-0.1, -0.05) is 0 Å². The second-order valence-electron chi connectivity index (χ2n) is 3.04. The Bertz CT molecular complexity index is 98.3. The molecule has 1 aliphatic heterocycles. The van der Waals surface area contributed by atoms with Crippen LogP contribution in [0.2, 0.25) is 0 Å². The third-order valence-electron chi connectivity index (χ3n) is 2.20. The molecule has 3 heteroatoms. The van der Waals surface area contributed by atoms with Crippen molar-refractivity contribution < 1.29 is 9.84 Å². The summed E-state index contributed by atoms with van der Waals surface area (Å²) in [5, 5.41) is 11.9. The van der Waals surface area contributed by atoms with Gasteiger partial charge < -0.3 is 15.2 Å². The quantitative estimate of drug-likeness (QED) is 0.613. The predicted molar refractivity (Wildman–Crippen MR) is 43.5 cm³/mol. The highest BCUT2D eigenvalue weighted by molar-refractivity contribution is 4.72. The molecule has 0 aromatic carbocycles. The maximum absolute atomic E-state index is 8.87. The van der Waals surface area contributed by atoms with Gasteiger partial charge in [0.15, 0.2) is 0 Å². The topological polar surface area (TPSA) is 41.5 Å². The summed E-state index contributed by atoms with van der Waals surface area (Å²) < 4.78 is 5.44. The molecule has 0 aliphatic carbocycles. The van der Waals surface area contributed by atoms with Crippen LogP contribution in [0.25, 0.3) is 0 Å². The number of nitrogens with one attached hydrogen (secondary N) is 1. The van der Waals surface area contributed by atoms with Crippen LogP contribution in [-0.2, 0) is 4.74 Å². The van der Waals surface area contributed by atoms with Crippen LogP contribution < -0.4 is 5.32 Å². The molecule has 2 atom stereocenters. The lowest BCUT2D eigenvalue weighted by Crippen LogP contribution is -2.32. The standard InChI is InChI=1S/C8H17NO2/c1-9-7(6-10)5-8-3-2-4-11-8/h7-10H,2-6H2,1H3. The van der Waals surface area contributed by atoms with E-state index in [1.54, 1.807) is 0 Å². The number of aliphatic hydroxyl groups excluding tert-OH is 1. The van der Waals surface area contributed by atoms with Gasteiger partial charge in [0.05, 0.1) is 12.7 Å². The van der Waals surface area contributed by atoms with Crippen LogP contribution in [0.15, 0.2) is 0 Å². The molecule has 0 amide bonds. The summed E-state index contributed by atoms with van der Waals surface area (Å²) >= 11 is 0. The number of hydrogen-bond donors (Lipinski definition) is 2. The zero-order chi connectivity index (χ0) is 8.10. The SMILES string of the molecule is CNC(CO)CC1CCCO1. The number of aliphatic hydroxyl groups is 1. The van der Waals surface area contributed by atoms with Crippen molar-refractivity contribution in [1.29, 1.82) is 0 Å². The van der Waals surface area contributed by atoms with E-state index < -0.39 is 0 Å². The average molecular weight is 159 g/mol. The smallest absolute Gasteiger partial charge is 0.0591 e. The fourth-order valence-electron chi connectivity index (χ4n) is 1.43. The molecular formula is C8H17NO2. The number of likely N-dealkylation sites (N-methyl/N-ethyl adjacent to an activating group) is 1. The third kappa shape index (κ3) is 2.77. The molecule has 0 radical (unpaired) electrons. The average Bonchev–Trinajstić information content (AvgIpc) is 2.52. The maximum atomic E-state index is 8.87. The minimum absolute atomic E-state index is 0.205. The summed E-state index contributed by atoms with van der Waals surface area (Å²) in [6.45, 7) is 1.10. The van der Waals surface area contributed by atoms with Crippen molar-refractivity contribution in [3.05, 3.63) is 0 Å². The third-order valence-corrected chi connectivity index (χ3v) is 2.20. The number of ether oxygens (including phenoxy) is 1. The minimum atomic E-state index is 0.205. The van der Waals surface area contributed by atoms with Crippen molar-refractivity contribution in [3.63, 3.8) is 0 Å². The van der Waals surface area contributed by atoms with Gasteiger partial charge in [-0.25, -0.2) is 0 Å². The second-order valence-corrected chi connectivity index (χ2v) is 3.04. The Labute approximate surface area is 67.7 Å². The van der Waals surface area contributed by atoms with Gasteiger partial charge in [0.1, 0.15) is 0 Å². The maximum Gasteiger partial charge on any atom is 0.0591 e. The van der Waals surface area contributed by atoms with E-state index in [0.717, 1.165) is 19.4 Å². The number of hydrogen-bond acceptors (Lipinski definition) is 3. The molecule has 2 N–H and O–H groups in total. The summed E-state index contributed by atoms with van der Waals surface area (Å²) in [7, 11) is 1.87. The lowest BCUT2D eigenvalue weighted by molar-refractivity contribution is 0.0862. The highest BCUT2D eigenvalue weighted by atomic mass is 16.5. The largest absolute Gasteiger partial charge is 0.395 e. The molecule has 0 spiro atoms. The van der Waals surface area contributed by atoms with Gasteiger partial charge in [0.25, 0.3) is 0 Å². The Morgan fingerprint density at radius 2 is 2.55 bits per heavy atom. The minimum Gasteiger partial charge on any atom is -0.395 e. The summed E-state index contributed by atoms with van der Waals surface area (Å²) in [5.41, 5.74) is 0. The molecule has 1 saturated heterocycles. The van der Waals surface area contributed by atoms with Crippen LogP contribution in [0.3, 0.4) is 0 Å². The molecule has 11 heavy (non-hydrogen) atoms. The Kier molecular flexibility index (Phi) is 3.83. The molecule has 3 nitrogen and oxygen atoms in total. The van der Waals surface area contributed by atoms with Crippen LogP contribution in [0.5, 0.6) is 0 Å². The van der Waals surface area contributed by atoms with Gasteiger partial charge in [-0.05, 0) is 26.3 Å². The summed E-state index contributed by atoms with van der Waals surface area (Å²) in [4.78, 5) is 0. The van der Waals surface area contributed by atoms with Crippen molar-refractivity contribution in [2.45, 2.75) is 31.4 Å². The fourth-order valence-corrected chi connectivity index (χ4v) is 1.43. The van der Waals surface area contributed by atoms with Crippen LogP contribution in [0.1, 0.15) is 19.3 Å².